The average molecular weight is 257 g/mol. The highest BCUT2D eigenvalue weighted by atomic mass is 16.5. The molecule has 0 atom stereocenters. The Morgan fingerprint density at radius 2 is 1.89 bits per heavy atom. The first-order chi connectivity index (χ1) is 8.56. The number of ether oxygens (including phenoxy) is 1. The number of nitrogens with one attached hydrogen (secondary N) is 2. The number of carbonyl (C=O) groups excluding carboxylic acids is 2. The fourth-order valence-corrected chi connectivity index (χ4v) is 2.37. The minimum atomic E-state index is -0.702. The number of hydrogen-bond donors (Lipinski definition) is 2. The van der Waals surface area contributed by atoms with E-state index in [2.05, 4.69) is 15.4 Å². The van der Waals surface area contributed by atoms with Gasteiger partial charge in [0.25, 0.3) is 0 Å². The van der Waals surface area contributed by atoms with Crippen LogP contribution < -0.4 is 10.6 Å². The molecule has 6 heteroatoms. The lowest BCUT2D eigenvalue weighted by Gasteiger charge is -2.34. The van der Waals surface area contributed by atoms with E-state index >= 15 is 0 Å². The molecule has 0 bridgehead atoms. The first kappa shape index (κ1) is 14.9. The van der Waals surface area contributed by atoms with E-state index in [1.807, 2.05) is 19.0 Å². The van der Waals surface area contributed by atoms with Crippen LogP contribution in [-0.4, -0.2) is 56.7 Å². The van der Waals surface area contributed by atoms with Gasteiger partial charge in [0.05, 0.1) is 13.7 Å². The van der Waals surface area contributed by atoms with Crippen LogP contribution in [0, 0.1) is 0 Å². The van der Waals surface area contributed by atoms with Crippen molar-refractivity contribution in [3.63, 3.8) is 0 Å². The molecule has 0 radical (unpaired) electrons. The van der Waals surface area contributed by atoms with Crippen LogP contribution in [0.25, 0.3) is 0 Å². The summed E-state index contributed by atoms with van der Waals surface area (Å²) in [7, 11) is 5.14. The Morgan fingerprint density at radius 3 is 2.39 bits per heavy atom. The van der Waals surface area contributed by atoms with Gasteiger partial charge < -0.3 is 10.1 Å². The molecule has 104 valence electrons. The van der Waals surface area contributed by atoms with Gasteiger partial charge in [0, 0.05) is 12.1 Å². The molecule has 0 saturated heterocycles. The van der Waals surface area contributed by atoms with Gasteiger partial charge in [-0.1, -0.05) is 0 Å². The van der Waals surface area contributed by atoms with Crippen LogP contribution in [0.1, 0.15) is 25.7 Å². The van der Waals surface area contributed by atoms with Crippen molar-refractivity contribution in [1.82, 2.24) is 15.5 Å². The fraction of sp³-hybridized carbons (Fsp3) is 0.833. The molecule has 0 heterocycles. The zero-order chi connectivity index (χ0) is 13.5. The van der Waals surface area contributed by atoms with Gasteiger partial charge in [-0.3, -0.25) is 15.0 Å². The Hall–Kier alpha value is -1.14. The lowest BCUT2D eigenvalue weighted by atomic mass is 9.90. The monoisotopic (exact) mass is 257 g/mol. The molecule has 2 amide bonds. The summed E-state index contributed by atoms with van der Waals surface area (Å²) in [5.74, 6) is -0.319. The number of alkyl carbamates (subject to hydrolysis) is 1. The van der Waals surface area contributed by atoms with Crippen molar-refractivity contribution < 1.29 is 14.3 Å². The second-order valence-electron chi connectivity index (χ2n) is 4.75. The summed E-state index contributed by atoms with van der Waals surface area (Å²) in [4.78, 5) is 24.4. The zero-order valence-corrected chi connectivity index (χ0v) is 11.4. The van der Waals surface area contributed by atoms with Crippen LogP contribution in [0.15, 0.2) is 0 Å². The first-order valence-electron chi connectivity index (χ1n) is 6.32. The molecule has 1 aliphatic carbocycles. The SMILES string of the molecule is CNC1CCC(N(C)CC(=O)NC(=O)OC)CC1. The Morgan fingerprint density at radius 1 is 1.28 bits per heavy atom. The van der Waals surface area contributed by atoms with E-state index < -0.39 is 6.09 Å². The van der Waals surface area contributed by atoms with Gasteiger partial charge >= 0.3 is 6.09 Å². The van der Waals surface area contributed by atoms with Gasteiger partial charge in [-0.05, 0) is 39.8 Å². The van der Waals surface area contributed by atoms with Crippen molar-refractivity contribution in [1.29, 1.82) is 0 Å². The molecule has 1 saturated carbocycles. The molecule has 0 aliphatic heterocycles. The van der Waals surface area contributed by atoms with Gasteiger partial charge in [0.15, 0.2) is 0 Å². The third-order valence-corrected chi connectivity index (χ3v) is 3.55. The molecule has 1 rings (SSSR count). The highest BCUT2D eigenvalue weighted by Gasteiger charge is 2.24. The van der Waals surface area contributed by atoms with E-state index in [1.165, 1.54) is 7.11 Å². The topological polar surface area (TPSA) is 70.7 Å². The lowest BCUT2D eigenvalue weighted by molar-refractivity contribution is -0.121. The summed E-state index contributed by atoms with van der Waals surface area (Å²) in [5, 5.41) is 5.44. The second-order valence-corrected chi connectivity index (χ2v) is 4.75. The van der Waals surface area contributed by atoms with Crippen molar-refractivity contribution in [3.8, 4) is 0 Å². The molecule has 18 heavy (non-hydrogen) atoms. The molecular formula is C12H23N3O3. The van der Waals surface area contributed by atoms with Crippen LogP contribution >= 0.6 is 0 Å². The molecule has 1 aliphatic rings. The van der Waals surface area contributed by atoms with Gasteiger partial charge in [0.1, 0.15) is 0 Å². The van der Waals surface area contributed by atoms with Gasteiger partial charge in [0.2, 0.25) is 5.91 Å². The predicted octanol–water partition coefficient (Wildman–Crippen LogP) is 0.331. The number of imide groups is 1. The Balaban J connectivity index is 2.30. The van der Waals surface area contributed by atoms with E-state index in [9.17, 15) is 9.59 Å². The average Bonchev–Trinajstić information content (AvgIpc) is 2.38. The number of hydrogen-bond acceptors (Lipinski definition) is 5. The highest BCUT2D eigenvalue weighted by molar-refractivity contribution is 5.92. The number of carbonyl (C=O) groups is 2. The van der Waals surface area contributed by atoms with E-state index in [-0.39, 0.29) is 12.5 Å². The summed E-state index contributed by atoms with van der Waals surface area (Å²) < 4.78 is 4.38. The van der Waals surface area contributed by atoms with Crippen molar-refractivity contribution in [2.45, 2.75) is 37.8 Å². The predicted molar refractivity (Wildman–Crippen MR) is 68.3 cm³/mol. The first-order valence-corrected chi connectivity index (χ1v) is 6.32. The molecule has 6 nitrogen and oxygen atoms in total. The number of methoxy groups -OCH3 is 1. The number of likely N-dealkylation sites (N-methyl/N-ethyl adjacent to an activating group) is 1. The largest absolute Gasteiger partial charge is 0.453 e. The van der Waals surface area contributed by atoms with Crippen molar-refractivity contribution >= 4 is 12.0 Å². The minimum absolute atomic E-state index is 0.226. The van der Waals surface area contributed by atoms with Crippen LogP contribution in [0.5, 0.6) is 0 Å². The quantitative estimate of drug-likeness (QED) is 0.759. The summed E-state index contributed by atoms with van der Waals surface area (Å²) in [6, 6.07) is 1.01. The van der Waals surface area contributed by atoms with Crippen LogP contribution in [0.3, 0.4) is 0 Å². The normalized spacial score (nSPS) is 23.8. The fourth-order valence-electron chi connectivity index (χ4n) is 2.37. The highest BCUT2D eigenvalue weighted by Crippen LogP contribution is 2.21. The minimum Gasteiger partial charge on any atom is -0.453 e. The zero-order valence-electron chi connectivity index (χ0n) is 11.4. The van der Waals surface area contributed by atoms with Gasteiger partial charge in [-0.2, -0.15) is 0 Å². The van der Waals surface area contributed by atoms with Crippen molar-refractivity contribution in [2.75, 3.05) is 27.7 Å². The number of rotatable bonds is 4. The van der Waals surface area contributed by atoms with Gasteiger partial charge in [-0.25, -0.2) is 4.79 Å². The molecule has 0 aromatic rings. The summed E-state index contributed by atoms with van der Waals surface area (Å²) in [6.07, 6.45) is 3.71. The van der Waals surface area contributed by atoms with E-state index in [0.29, 0.717) is 12.1 Å². The number of nitrogens with zero attached hydrogens (tertiary/aromatic N) is 1. The summed E-state index contributed by atoms with van der Waals surface area (Å²) >= 11 is 0. The van der Waals surface area contributed by atoms with Crippen LogP contribution in [0.2, 0.25) is 0 Å². The molecular weight excluding hydrogens is 234 g/mol. The smallest absolute Gasteiger partial charge is 0.413 e. The van der Waals surface area contributed by atoms with Crippen molar-refractivity contribution in [3.05, 3.63) is 0 Å². The molecule has 1 fully saturated rings. The van der Waals surface area contributed by atoms with Crippen LogP contribution in [0.4, 0.5) is 4.79 Å². The maximum atomic E-state index is 11.5. The summed E-state index contributed by atoms with van der Waals surface area (Å²) in [6.45, 7) is 0.226. The number of amides is 2. The lowest BCUT2D eigenvalue weighted by Crippen LogP contribution is -2.45. The molecule has 0 spiro atoms. The molecule has 0 unspecified atom stereocenters. The Bertz CT molecular complexity index is 288. The second kappa shape index (κ2) is 7.33. The van der Waals surface area contributed by atoms with Crippen LogP contribution in [-0.2, 0) is 9.53 Å². The Kier molecular flexibility index (Phi) is 6.07. The third kappa shape index (κ3) is 4.62. The molecule has 0 aromatic carbocycles. The Labute approximate surface area is 108 Å². The molecule has 2 N–H and O–H groups in total. The third-order valence-electron chi connectivity index (χ3n) is 3.55. The summed E-state index contributed by atoms with van der Waals surface area (Å²) in [5.41, 5.74) is 0. The maximum Gasteiger partial charge on any atom is 0.413 e. The van der Waals surface area contributed by atoms with Crippen molar-refractivity contribution in [2.24, 2.45) is 0 Å². The standard InChI is InChI=1S/C12H23N3O3/c1-13-9-4-6-10(7-5-9)15(2)8-11(16)14-12(17)18-3/h9-10,13H,4-8H2,1-3H3,(H,14,16,17). The molecule has 0 aromatic heterocycles. The van der Waals surface area contributed by atoms with E-state index in [4.69, 9.17) is 0 Å². The van der Waals surface area contributed by atoms with E-state index in [1.54, 1.807) is 0 Å². The van der Waals surface area contributed by atoms with Gasteiger partial charge in [-0.15, -0.1) is 0 Å². The maximum absolute atomic E-state index is 11.5. The van der Waals surface area contributed by atoms with E-state index in [0.717, 1.165) is 25.7 Å².